The topological polar surface area (TPSA) is 20.2 Å². The second kappa shape index (κ2) is 8.45. The number of phenolic OH excluding ortho intramolecular Hbond substituents is 1. The zero-order valence-electron chi connectivity index (χ0n) is 18.4. The molecule has 2 atom stereocenters. The van der Waals surface area contributed by atoms with Crippen molar-refractivity contribution < 1.29 is 5.11 Å². The first-order chi connectivity index (χ1) is 13.7. The van der Waals surface area contributed by atoms with Crippen LogP contribution in [0.2, 0.25) is 0 Å². The molecule has 0 fully saturated rings. The van der Waals surface area contributed by atoms with E-state index in [1.54, 1.807) is 6.07 Å². The molecule has 0 bridgehead atoms. The first-order valence-corrected chi connectivity index (χ1v) is 10.6. The third-order valence-electron chi connectivity index (χ3n) is 6.87. The van der Waals surface area contributed by atoms with Crippen molar-refractivity contribution in [3.63, 3.8) is 0 Å². The molecule has 1 heteroatoms. The van der Waals surface area contributed by atoms with Gasteiger partial charge < -0.3 is 5.11 Å². The Morgan fingerprint density at radius 1 is 0.690 bits per heavy atom. The molecule has 0 radical (unpaired) electrons. The summed E-state index contributed by atoms with van der Waals surface area (Å²) >= 11 is 0. The molecular formula is C28H34O. The van der Waals surface area contributed by atoms with Crippen molar-refractivity contribution in [2.75, 3.05) is 0 Å². The fourth-order valence-corrected chi connectivity index (χ4v) is 4.58. The summed E-state index contributed by atoms with van der Waals surface area (Å²) in [7, 11) is 0. The number of rotatable bonds is 7. The van der Waals surface area contributed by atoms with E-state index in [1.807, 2.05) is 12.1 Å². The Labute approximate surface area is 176 Å². The Bertz CT molecular complexity index is 909. The number of aromatic hydroxyl groups is 1. The summed E-state index contributed by atoms with van der Waals surface area (Å²) in [6.45, 7) is 11.6. The molecule has 0 aliphatic carbocycles. The van der Waals surface area contributed by atoms with Crippen LogP contribution in [0.15, 0.2) is 84.9 Å². The van der Waals surface area contributed by atoms with Crippen LogP contribution in [-0.2, 0) is 5.41 Å². The van der Waals surface area contributed by atoms with Gasteiger partial charge in [0, 0.05) is 11.0 Å². The summed E-state index contributed by atoms with van der Waals surface area (Å²) in [5, 5.41) is 10.6. The first kappa shape index (κ1) is 21.2. The largest absolute Gasteiger partial charge is 0.508 e. The lowest BCUT2D eigenvalue weighted by molar-refractivity contribution is 0.214. The molecule has 0 spiro atoms. The molecule has 0 heterocycles. The fourth-order valence-electron chi connectivity index (χ4n) is 4.58. The molecular weight excluding hydrogens is 352 g/mol. The number of para-hydroxylation sites is 1. The molecule has 29 heavy (non-hydrogen) atoms. The lowest BCUT2D eigenvalue weighted by Crippen LogP contribution is -2.33. The quantitative estimate of drug-likeness (QED) is 0.441. The van der Waals surface area contributed by atoms with Crippen LogP contribution in [0.25, 0.3) is 0 Å². The van der Waals surface area contributed by atoms with Gasteiger partial charge in [0.05, 0.1) is 0 Å². The highest BCUT2D eigenvalue weighted by molar-refractivity contribution is 5.41. The summed E-state index contributed by atoms with van der Waals surface area (Å²) in [5.74, 6) is 1.08. The smallest absolute Gasteiger partial charge is 0.119 e. The highest BCUT2D eigenvalue weighted by Gasteiger charge is 2.39. The van der Waals surface area contributed by atoms with E-state index in [0.717, 1.165) is 12.0 Å². The van der Waals surface area contributed by atoms with E-state index in [9.17, 15) is 5.11 Å². The van der Waals surface area contributed by atoms with E-state index in [2.05, 4.69) is 101 Å². The van der Waals surface area contributed by atoms with E-state index in [0.29, 0.717) is 11.7 Å². The molecule has 3 aromatic rings. The maximum Gasteiger partial charge on any atom is 0.119 e. The SMILES string of the molecule is CC(c1ccccc1)C(C)(C)CC(c1ccccc1)C(C)(C)c1ccccc1O. The van der Waals surface area contributed by atoms with E-state index >= 15 is 0 Å². The van der Waals surface area contributed by atoms with Crippen LogP contribution in [-0.4, -0.2) is 5.11 Å². The Kier molecular flexibility index (Phi) is 6.17. The zero-order chi connectivity index (χ0) is 21.1. The lowest BCUT2D eigenvalue weighted by Gasteiger charge is -2.43. The van der Waals surface area contributed by atoms with Gasteiger partial charge in [-0.15, -0.1) is 0 Å². The van der Waals surface area contributed by atoms with Gasteiger partial charge in [-0.3, -0.25) is 0 Å². The van der Waals surface area contributed by atoms with Gasteiger partial charge in [-0.2, -0.15) is 0 Å². The predicted octanol–water partition coefficient (Wildman–Crippen LogP) is 7.67. The van der Waals surface area contributed by atoms with Crippen LogP contribution in [0.1, 0.15) is 69.6 Å². The van der Waals surface area contributed by atoms with Crippen molar-refractivity contribution in [2.45, 2.75) is 58.3 Å². The Balaban J connectivity index is 2.02. The van der Waals surface area contributed by atoms with Crippen molar-refractivity contribution in [1.29, 1.82) is 0 Å². The third-order valence-corrected chi connectivity index (χ3v) is 6.87. The van der Waals surface area contributed by atoms with E-state index in [4.69, 9.17) is 0 Å². The minimum atomic E-state index is -0.208. The molecule has 1 N–H and O–H groups in total. The van der Waals surface area contributed by atoms with Crippen LogP contribution in [0.3, 0.4) is 0 Å². The third kappa shape index (κ3) is 4.56. The molecule has 0 amide bonds. The molecule has 0 aliphatic heterocycles. The summed E-state index contributed by atoms with van der Waals surface area (Å²) in [4.78, 5) is 0. The number of hydrogen-bond donors (Lipinski definition) is 1. The number of benzene rings is 3. The molecule has 0 aliphatic rings. The van der Waals surface area contributed by atoms with Crippen LogP contribution >= 0.6 is 0 Å². The summed E-state index contributed by atoms with van der Waals surface area (Å²) < 4.78 is 0. The summed E-state index contributed by atoms with van der Waals surface area (Å²) in [6, 6.07) is 29.4. The van der Waals surface area contributed by atoms with Gasteiger partial charge >= 0.3 is 0 Å². The van der Waals surface area contributed by atoms with Crippen molar-refractivity contribution in [2.24, 2.45) is 5.41 Å². The number of hydrogen-bond acceptors (Lipinski definition) is 1. The summed E-state index contributed by atoms with van der Waals surface area (Å²) in [6.07, 6.45) is 1.02. The molecule has 1 nitrogen and oxygen atoms in total. The molecule has 152 valence electrons. The van der Waals surface area contributed by atoms with Gasteiger partial charge in [0.15, 0.2) is 0 Å². The van der Waals surface area contributed by atoms with Crippen LogP contribution in [0.4, 0.5) is 0 Å². The van der Waals surface area contributed by atoms with Crippen LogP contribution in [0.5, 0.6) is 5.75 Å². The van der Waals surface area contributed by atoms with E-state index < -0.39 is 0 Å². The average molecular weight is 387 g/mol. The van der Waals surface area contributed by atoms with Gasteiger partial charge in [-0.25, -0.2) is 0 Å². The van der Waals surface area contributed by atoms with Gasteiger partial charge in [0.25, 0.3) is 0 Å². The first-order valence-electron chi connectivity index (χ1n) is 10.6. The van der Waals surface area contributed by atoms with Gasteiger partial charge in [-0.1, -0.05) is 113 Å². The molecule has 3 rings (SSSR count). The van der Waals surface area contributed by atoms with Crippen molar-refractivity contribution in [1.82, 2.24) is 0 Å². The molecule has 0 saturated heterocycles. The van der Waals surface area contributed by atoms with Crippen molar-refractivity contribution >= 4 is 0 Å². The second-order valence-corrected chi connectivity index (χ2v) is 9.53. The van der Waals surface area contributed by atoms with Crippen LogP contribution in [0, 0.1) is 5.41 Å². The molecule has 0 aromatic heterocycles. The predicted molar refractivity (Wildman–Crippen MR) is 124 cm³/mol. The number of phenols is 1. The molecule has 2 unspecified atom stereocenters. The maximum atomic E-state index is 10.6. The standard InChI is InChI=1S/C28H34O/c1-21(22-14-8-6-9-15-22)27(2,3)20-25(23-16-10-7-11-17-23)28(4,5)24-18-12-13-19-26(24)29/h6-19,21,25,29H,20H2,1-5H3. The highest BCUT2D eigenvalue weighted by atomic mass is 16.3. The minimum Gasteiger partial charge on any atom is -0.508 e. The Hall–Kier alpha value is -2.54. The van der Waals surface area contributed by atoms with Gasteiger partial charge in [0.1, 0.15) is 5.75 Å². The van der Waals surface area contributed by atoms with Gasteiger partial charge in [0.2, 0.25) is 0 Å². The fraction of sp³-hybridized carbons (Fsp3) is 0.357. The molecule has 0 saturated carbocycles. The zero-order valence-corrected chi connectivity index (χ0v) is 18.4. The van der Waals surface area contributed by atoms with Crippen molar-refractivity contribution in [3.05, 3.63) is 102 Å². The second-order valence-electron chi connectivity index (χ2n) is 9.53. The maximum absolute atomic E-state index is 10.6. The lowest BCUT2D eigenvalue weighted by atomic mass is 9.61. The van der Waals surface area contributed by atoms with Crippen molar-refractivity contribution in [3.8, 4) is 5.75 Å². The molecule has 3 aromatic carbocycles. The van der Waals surface area contributed by atoms with Crippen LogP contribution < -0.4 is 0 Å². The minimum absolute atomic E-state index is 0.0868. The van der Waals surface area contributed by atoms with Gasteiger partial charge in [-0.05, 0) is 40.9 Å². The van der Waals surface area contributed by atoms with E-state index in [1.165, 1.54) is 11.1 Å². The average Bonchev–Trinajstić information content (AvgIpc) is 2.73. The summed E-state index contributed by atoms with van der Waals surface area (Å²) in [5.41, 5.74) is 3.60. The van der Waals surface area contributed by atoms with E-state index in [-0.39, 0.29) is 16.7 Å². The Morgan fingerprint density at radius 3 is 1.72 bits per heavy atom. The normalized spacial score (nSPS) is 14.4. The monoisotopic (exact) mass is 386 g/mol. The Morgan fingerprint density at radius 2 is 1.17 bits per heavy atom. The highest BCUT2D eigenvalue weighted by Crippen LogP contribution is 2.50.